The fourth-order valence-corrected chi connectivity index (χ4v) is 4.13. The molecule has 1 aliphatic carbocycles. The van der Waals surface area contributed by atoms with E-state index in [1.807, 2.05) is 0 Å². The second-order valence-corrected chi connectivity index (χ2v) is 7.55. The standard InChI is InChI=1S/C11H22N2O2S/c12-11-3-2-10(8-11)9-13-4-1-6-16(14,15)7-5-13/h10-11H,1-9,12H2. The van der Waals surface area contributed by atoms with Gasteiger partial charge in [-0.05, 0) is 38.1 Å². The van der Waals surface area contributed by atoms with Gasteiger partial charge in [-0.25, -0.2) is 8.42 Å². The lowest BCUT2D eigenvalue weighted by Crippen LogP contribution is -2.32. The van der Waals surface area contributed by atoms with Crippen LogP contribution in [0.5, 0.6) is 0 Å². The van der Waals surface area contributed by atoms with Crippen LogP contribution in [0.15, 0.2) is 0 Å². The second kappa shape index (κ2) is 5.02. The van der Waals surface area contributed by atoms with Crippen molar-refractivity contribution in [3.05, 3.63) is 0 Å². The Bertz CT molecular complexity index is 329. The highest BCUT2D eigenvalue weighted by Crippen LogP contribution is 2.25. The van der Waals surface area contributed by atoms with Gasteiger partial charge >= 0.3 is 0 Å². The smallest absolute Gasteiger partial charge is 0.151 e. The van der Waals surface area contributed by atoms with Gasteiger partial charge in [-0.2, -0.15) is 0 Å². The summed E-state index contributed by atoms with van der Waals surface area (Å²) in [5.74, 6) is 1.40. The summed E-state index contributed by atoms with van der Waals surface area (Å²) in [4.78, 5) is 2.31. The number of rotatable bonds is 2. The summed E-state index contributed by atoms with van der Waals surface area (Å²) >= 11 is 0. The Kier molecular flexibility index (Phi) is 3.87. The lowest BCUT2D eigenvalue weighted by Gasteiger charge is -2.23. The van der Waals surface area contributed by atoms with Gasteiger partial charge in [-0.3, -0.25) is 0 Å². The third-order valence-corrected chi connectivity index (χ3v) is 5.46. The van der Waals surface area contributed by atoms with Crippen molar-refractivity contribution in [1.29, 1.82) is 0 Å². The van der Waals surface area contributed by atoms with Crippen LogP contribution in [0, 0.1) is 5.92 Å². The Hall–Kier alpha value is -0.130. The normalized spacial score (nSPS) is 36.1. The molecule has 2 atom stereocenters. The minimum absolute atomic E-state index is 0.339. The third kappa shape index (κ3) is 3.43. The monoisotopic (exact) mass is 246 g/mol. The van der Waals surface area contributed by atoms with Crippen molar-refractivity contribution in [2.75, 3.05) is 31.1 Å². The Morgan fingerprint density at radius 3 is 2.69 bits per heavy atom. The Morgan fingerprint density at radius 2 is 2.00 bits per heavy atom. The van der Waals surface area contributed by atoms with Crippen molar-refractivity contribution in [1.82, 2.24) is 4.90 Å². The van der Waals surface area contributed by atoms with Crippen LogP contribution in [-0.2, 0) is 9.84 Å². The molecule has 1 saturated carbocycles. The van der Waals surface area contributed by atoms with E-state index in [4.69, 9.17) is 5.73 Å². The number of nitrogens with two attached hydrogens (primary N) is 1. The molecule has 0 aromatic heterocycles. The second-order valence-electron chi connectivity index (χ2n) is 5.25. The molecule has 0 bridgehead atoms. The Labute approximate surface area is 98.1 Å². The van der Waals surface area contributed by atoms with Crippen LogP contribution >= 0.6 is 0 Å². The van der Waals surface area contributed by atoms with Crippen molar-refractivity contribution < 1.29 is 8.42 Å². The van der Waals surface area contributed by atoms with Gasteiger partial charge in [0.2, 0.25) is 0 Å². The summed E-state index contributed by atoms with van der Waals surface area (Å²) in [6.07, 6.45) is 4.26. The molecule has 2 aliphatic rings. The number of hydrogen-bond donors (Lipinski definition) is 1. The number of hydrogen-bond acceptors (Lipinski definition) is 4. The molecule has 2 unspecified atom stereocenters. The van der Waals surface area contributed by atoms with Crippen LogP contribution < -0.4 is 5.73 Å². The lowest BCUT2D eigenvalue weighted by molar-refractivity contribution is 0.247. The van der Waals surface area contributed by atoms with Crippen molar-refractivity contribution in [2.45, 2.75) is 31.7 Å². The van der Waals surface area contributed by atoms with Gasteiger partial charge < -0.3 is 10.6 Å². The predicted molar refractivity (Wildman–Crippen MR) is 65.0 cm³/mol. The number of sulfone groups is 1. The van der Waals surface area contributed by atoms with Crippen molar-refractivity contribution in [3.8, 4) is 0 Å². The van der Waals surface area contributed by atoms with Gasteiger partial charge in [0.25, 0.3) is 0 Å². The van der Waals surface area contributed by atoms with Gasteiger partial charge in [-0.1, -0.05) is 0 Å². The lowest BCUT2D eigenvalue weighted by atomic mass is 10.1. The largest absolute Gasteiger partial charge is 0.328 e. The summed E-state index contributed by atoms with van der Waals surface area (Å²) in [7, 11) is -2.76. The molecule has 0 aromatic carbocycles. The van der Waals surface area contributed by atoms with Gasteiger partial charge in [0, 0.05) is 19.1 Å². The maximum atomic E-state index is 11.5. The molecule has 2 rings (SSSR count). The van der Waals surface area contributed by atoms with Gasteiger partial charge in [-0.15, -0.1) is 0 Å². The first-order valence-corrected chi connectivity index (χ1v) is 8.06. The summed E-state index contributed by atoms with van der Waals surface area (Å²) in [6, 6.07) is 0.376. The average molecular weight is 246 g/mol. The molecule has 0 amide bonds. The van der Waals surface area contributed by atoms with E-state index >= 15 is 0 Å². The fourth-order valence-electron chi connectivity index (χ4n) is 2.82. The highest BCUT2D eigenvalue weighted by atomic mass is 32.2. The van der Waals surface area contributed by atoms with Crippen molar-refractivity contribution >= 4 is 9.84 Å². The van der Waals surface area contributed by atoms with E-state index in [-0.39, 0.29) is 0 Å². The molecular formula is C11H22N2O2S. The average Bonchev–Trinajstić information content (AvgIpc) is 2.52. The first-order chi connectivity index (χ1) is 7.55. The molecule has 0 spiro atoms. The van der Waals surface area contributed by atoms with Crippen molar-refractivity contribution in [2.24, 2.45) is 11.7 Å². The van der Waals surface area contributed by atoms with E-state index in [0.29, 0.717) is 30.0 Å². The van der Waals surface area contributed by atoms with Crippen LogP contribution in [0.1, 0.15) is 25.7 Å². The maximum absolute atomic E-state index is 11.5. The zero-order valence-electron chi connectivity index (χ0n) is 9.77. The van der Waals surface area contributed by atoms with Gasteiger partial charge in [0.1, 0.15) is 0 Å². The molecule has 5 heteroatoms. The molecule has 0 aromatic rings. The zero-order valence-corrected chi connectivity index (χ0v) is 10.6. The molecule has 1 aliphatic heterocycles. The van der Waals surface area contributed by atoms with E-state index in [2.05, 4.69) is 4.90 Å². The third-order valence-electron chi connectivity index (χ3n) is 3.75. The molecule has 94 valence electrons. The van der Waals surface area contributed by atoms with E-state index < -0.39 is 9.84 Å². The zero-order chi connectivity index (χ0) is 11.6. The highest BCUT2D eigenvalue weighted by Gasteiger charge is 2.25. The van der Waals surface area contributed by atoms with Crippen LogP contribution in [-0.4, -0.2) is 50.5 Å². The quantitative estimate of drug-likeness (QED) is 0.758. The fraction of sp³-hybridized carbons (Fsp3) is 1.00. The molecule has 16 heavy (non-hydrogen) atoms. The molecule has 4 nitrogen and oxygen atoms in total. The summed E-state index contributed by atoms with van der Waals surface area (Å²) in [5, 5.41) is 0. The maximum Gasteiger partial charge on any atom is 0.151 e. The highest BCUT2D eigenvalue weighted by molar-refractivity contribution is 7.91. The topological polar surface area (TPSA) is 63.4 Å². The van der Waals surface area contributed by atoms with E-state index in [1.54, 1.807) is 0 Å². The summed E-state index contributed by atoms with van der Waals surface area (Å²) < 4.78 is 22.9. The van der Waals surface area contributed by atoms with Crippen LogP contribution in [0.4, 0.5) is 0 Å². The van der Waals surface area contributed by atoms with Gasteiger partial charge in [0.05, 0.1) is 11.5 Å². The first kappa shape index (κ1) is 12.3. The molecular weight excluding hydrogens is 224 g/mol. The summed E-state index contributed by atoms with van der Waals surface area (Å²) in [5.41, 5.74) is 5.89. The summed E-state index contributed by atoms with van der Waals surface area (Å²) in [6.45, 7) is 2.70. The molecule has 1 heterocycles. The minimum atomic E-state index is -2.76. The number of nitrogens with zero attached hydrogens (tertiary/aromatic N) is 1. The minimum Gasteiger partial charge on any atom is -0.328 e. The molecule has 1 saturated heterocycles. The molecule has 0 radical (unpaired) electrons. The van der Waals surface area contributed by atoms with Gasteiger partial charge in [0.15, 0.2) is 9.84 Å². The molecule has 2 N–H and O–H groups in total. The van der Waals surface area contributed by atoms with Crippen LogP contribution in [0.2, 0.25) is 0 Å². The SMILES string of the molecule is NC1CCC(CN2CCCS(=O)(=O)CC2)C1. The van der Waals surface area contributed by atoms with E-state index in [1.165, 1.54) is 6.42 Å². The first-order valence-electron chi connectivity index (χ1n) is 6.23. The van der Waals surface area contributed by atoms with Crippen molar-refractivity contribution in [3.63, 3.8) is 0 Å². The van der Waals surface area contributed by atoms with Crippen LogP contribution in [0.25, 0.3) is 0 Å². The molecule has 2 fully saturated rings. The predicted octanol–water partition coefficient (Wildman–Crippen LogP) is 0.234. The Balaban J connectivity index is 1.82. The van der Waals surface area contributed by atoms with Crippen LogP contribution in [0.3, 0.4) is 0 Å². The Morgan fingerprint density at radius 1 is 1.19 bits per heavy atom. The van der Waals surface area contributed by atoms with E-state index in [0.717, 1.165) is 32.4 Å². The van der Waals surface area contributed by atoms with E-state index in [9.17, 15) is 8.42 Å².